The van der Waals surface area contributed by atoms with Crippen molar-refractivity contribution in [2.45, 2.75) is 96.3 Å². The second-order valence-electron chi connectivity index (χ2n) is 17.7. The molecule has 2 aliphatic heterocycles. The van der Waals surface area contributed by atoms with E-state index in [0.717, 1.165) is 38.9 Å². The number of carboxylic acids is 1. The van der Waals surface area contributed by atoms with Crippen LogP contribution in [0.4, 0.5) is 0 Å². The van der Waals surface area contributed by atoms with Gasteiger partial charge in [0.1, 0.15) is 46.1 Å². The van der Waals surface area contributed by atoms with E-state index in [-0.39, 0.29) is 46.2 Å². The van der Waals surface area contributed by atoms with E-state index in [9.17, 15) is 24.3 Å². The predicted octanol–water partition coefficient (Wildman–Crippen LogP) is 6.31. The molecule has 0 unspecified atom stereocenters. The molecule has 16 nitrogen and oxygen atoms in total. The van der Waals surface area contributed by atoms with Gasteiger partial charge < -0.3 is 47.6 Å². The average Bonchev–Trinajstić information content (AvgIpc) is 3.98. The fraction of sp³-hybridized carbons (Fsp3) is 0.434. The zero-order chi connectivity index (χ0) is 48.4. The summed E-state index contributed by atoms with van der Waals surface area (Å²) >= 11 is 0. The largest absolute Gasteiger partial charge is 0.488 e. The molecule has 2 saturated heterocycles. The quantitative estimate of drug-likeness (QED) is 0.144. The number of ether oxygens (including phenoxy) is 6. The Hall–Kier alpha value is -6.46. The Bertz CT molecular complexity index is 2840. The number of carboxylic acid groups (broad SMARTS) is 1. The first kappa shape index (κ1) is 49.0. The average molecular weight is 944 g/mol. The molecule has 2 atom stereocenters. The molecule has 2 aliphatic carbocycles. The van der Waals surface area contributed by atoms with E-state index in [4.69, 9.17) is 28.4 Å². The van der Waals surface area contributed by atoms with Crippen LogP contribution < -0.4 is 20.3 Å². The number of aromatic nitrogens is 4. The number of hydrogen-bond acceptors (Lipinski definition) is 12. The molecule has 1 amide bonds. The zero-order valence-electron chi connectivity index (χ0n) is 39.8. The van der Waals surface area contributed by atoms with Crippen molar-refractivity contribution in [3.05, 3.63) is 139 Å². The summed E-state index contributed by atoms with van der Waals surface area (Å²) in [5.41, 5.74) is 5.15. The van der Waals surface area contributed by atoms with Gasteiger partial charge in [-0.1, -0.05) is 48.5 Å². The highest BCUT2D eigenvalue weighted by atomic mass is 16.5. The third-order valence-electron chi connectivity index (χ3n) is 13.0. The highest BCUT2D eigenvalue weighted by molar-refractivity contribution is 5.97. The molecule has 2 fully saturated rings. The van der Waals surface area contributed by atoms with Gasteiger partial charge in [-0.25, -0.2) is 14.8 Å². The van der Waals surface area contributed by atoms with Crippen LogP contribution in [0.25, 0.3) is 22.1 Å². The molecule has 6 aromatic rings. The molecule has 4 aliphatic rings. The Morgan fingerprint density at radius 3 is 1.62 bits per heavy atom. The minimum atomic E-state index is -1.24. The predicted molar refractivity (Wildman–Crippen MR) is 260 cm³/mol. The van der Waals surface area contributed by atoms with Crippen molar-refractivity contribution >= 4 is 33.9 Å². The van der Waals surface area contributed by atoms with Crippen molar-refractivity contribution in [1.29, 1.82) is 0 Å². The lowest BCUT2D eigenvalue weighted by Gasteiger charge is -2.32. The third kappa shape index (κ3) is 11.5. The SMILES string of the molecule is CCn1cc(C(=O)N2CCO[C@@H](COC)C2)c(=O)c2cc(OC3Cc4ccccc4C3)cnc21.CCn1cc(C(=O)O)c(=O)c2cc(OC3Cc4ccccc4C3)cnc21.COC[C@H]1CCCCO1. The van der Waals surface area contributed by atoms with Crippen molar-refractivity contribution < 1.29 is 43.1 Å². The van der Waals surface area contributed by atoms with E-state index in [1.54, 1.807) is 54.4 Å². The van der Waals surface area contributed by atoms with E-state index in [1.807, 2.05) is 42.7 Å². The highest BCUT2D eigenvalue weighted by Gasteiger charge is 2.29. The van der Waals surface area contributed by atoms with Gasteiger partial charge >= 0.3 is 5.97 Å². The van der Waals surface area contributed by atoms with Crippen LogP contribution in [0.5, 0.6) is 11.5 Å². The van der Waals surface area contributed by atoms with Crippen LogP contribution >= 0.6 is 0 Å². The molecule has 0 radical (unpaired) electrons. The summed E-state index contributed by atoms with van der Waals surface area (Å²) in [6, 6.07) is 19.9. The molecule has 0 bridgehead atoms. The number of pyridine rings is 4. The fourth-order valence-corrected chi connectivity index (χ4v) is 9.50. The maximum atomic E-state index is 13.4. The summed E-state index contributed by atoms with van der Waals surface area (Å²) in [5.74, 6) is -0.508. The summed E-state index contributed by atoms with van der Waals surface area (Å²) in [4.78, 5) is 61.2. The van der Waals surface area contributed by atoms with Crippen LogP contribution in [0.15, 0.2) is 95.0 Å². The van der Waals surface area contributed by atoms with Crippen LogP contribution in [-0.2, 0) is 57.7 Å². The third-order valence-corrected chi connectivity index (χ3v) is 13.0. The van der Waals surface area contributed by atoms with Crippen molar-refractivity contribution in [3.8, 4) is 11.5 Å². The number of morpholine rings is 1. The van der Waals surface area contributed by atoms with Crippen LogP contribution in [-0.4, -0.2) is 119 Å². The topological polar surface area (TPSA) is 183 Å². The van der Waals surface area contributed by atoms with Gasteiger partial charge in [0.15, 0.2) is 0 Å². The van der Waals surface area contributed by atoms with Gasteiger partial charge in [-0.15, -0.1) is 0 Å². The van der Waals surface area contributed by atoms with Gasteiger partial charge in [0, 0.05) is 85.1 Å². The van der Waals surface area contributed by atoms with Crippen molar-refractivity contribution in [2.75, 3.05) is 53.7 Å². The Balaban J connectivity index is 0.000000161. The van der Waals surface area contributed by atoms with Crippen LogP contribution in [0.1, 0.15) is 76.1 Å². The minimum absolute atomic E-state index is 0.000864. The Morgan fingerprint density at radius 2 is 1.16 bits per heavy atom. The lowest BCUT2D eigenvalue weighted by atomic mass is 10.1. The number of carbonyl (C=O) groups excluding carboxylic acids is 1. The van der Waals surface area contributed by atoms with Crippen molar-refractivity contribution in [1.82, 2.24) is 24.0 Å². The number of rotatable bonds is 12. The van der Waals surface area contributed by atoms with Crippen molar-refractivity contribution in [3.63, 3.8) is 0 Å². The van der Waals surface area contributed by atoms with E-state index < -0.39 is 11.4 Å². The Morgan fingerprint density at radius 1 is 0.681 bits per heavy atom. The van der Waals surface area contributed by atoms with E-state index in [1.165, 1.54) is 47.7 Å². The van der Waals surface area contributed by atoms with Gasteiger partial charge in [0.2, 0.25) is 10.9 Å². The number of hydrogen-bond donors (Lipinski definition) is 1. The van der Waals surface area contributed by atoms with Gasteiger partial charge in [-0.05, 0) is 67.5 Å². The number of methoxy groups -OCH3 is 2. The molecule has 364 valence electrons. The maximum absolute atomic E-state index is 13.4. The van der Waals surface area contributed by atoms with Crippen molar-refractivity contribution in [2.24, 2.45) is 0 Å². The molecule has 69 heavy (non-hydrogen) atoms. The molecular formula is C53H61N5O11. The lowest BCUT2D eigenvalue weighted by molar-refractivity contribution is -0.0531. The number of nitrogens with zero attached hydrogens (tertiary/aromatic N) is 5. The molecule has 0 spiro atoms. The second kappa shape index (κ2) is 22.8. The summed E-state index contributed by atoms with van der Waals surface area (Å²) in [6.07, 6.45) is 13.3. The van der Waals surface area contributed by atoms with Gasteiger partial charge in [0.25, 0.3) is 5.91 Å². The summed E-state index contributed by atoms with van der Waals surface area (Å²) in [7, 11) is 3.32. The first-order valence-electron chi connectivity index (χ1n) is 23.8. The monoisotopic (exact) mass is 943 g/mol. The van der Waals surface area contributed by atoms with Gasteiger partial charge in [0.05, 0.1) is 55.2 Å². The standard InChI is InChI=1S/C26H29N3O5.C20H18N2O4.C7H14O2/c1-3-28-15-23(26(31)29-8-9-33-21(14-29)16-32-2)24(30)22-12-20(13-27-25(22)28)34-19-10-17-6-4-5-7-18(17)11-19;1-2-22-11-17(20(24)25)18(23)16-9-15(10-21-19(16)22)26-14-7-12-5-3-4-6-13(12)8-14;1-8-6-7-4-2-3-5-9-7/h4-7,12-13,15,19,21H,3,8-11,14,16H2,1-2H3;3-6,9-11,14H,2,7-8H2,1H3,(H,24,25);7H,2-6H2,1H3/t21-;;7-/m1.1/s1. The maximum Gasteiger partial charge on any atom is 0.341 e. The van der Waals surface area contributed by atoms with Crippen LogP contribution in [0.3, 0.4) is 0 Å². The number of aryl methyl sites for hydroxylation is 2. The van der Waals surface area contributed by atoms with E-state index >= 15 is 0 Å². The first-order valence-corrected chi connectivity index (χ1v) is 23.8. The molecule has 16 heteroatoms. The smallest absolute Gasteiger partial charge is 0.341 e. The normalized spacial score (nSPS) is 17.9. The molecule has 10 rings (SSSR count). The number of amides is 1. The molecule has 1 N–H and O–H groups in total. The molecule has 6 heterocycles. The molecular weight excluding hydrogens is 883 g/mol. The number of carbonyl (C=O) groups is 2. The second-order valence-corrected chi connectivity index (χ2v) is 17.7. The van der Waals surface area contributed by atoms with Crippen LogP contribution in [0, 0.1) is 0 Å². The van der Waals surface area contributed by atoms with E-state index in [2.05, 4.69) is 34.2 Å². The minimum Gasteiger partial charge on any atom is -0.488 e. The Labute approximate surface area is 400 Å². The zero-order valence-corrected chi connectivity index (χ0v) is 39.8. The Kier molecular flexibility index (Phi) is 16.2. The lowest BCUT2D eigenvalue weighted by Crippen LogP contribution is -2.48. The number of benzene rings is 2. The van der Waals surface area contributed by atoms with Gasteiger partial charge in [-0.3, -0.25) is 14.4 Å². The molecule has 2 aromatic carbocycles. The summed E-state index contributed by atoms with van der Waals surface area (Å²) in [6.45, 7) is 8.26. The summed E-state index contributed by atoms with van der Waals surface area (Å²) < 4.78 is 36.9. The van der Waals surface area contributed by atoms with Crippen LogP contribution in [0.2, 0.25) is 0 Å². The van der Waals surface area contributed by atoms with Gasteiger partial charge in [-0.2, -0.15) is 0 Å². The van der Waals surface area contributed by atoms with E-state index in [0.29, 0.717) is 73.7 Å². The first-order chi connectivity index (χ1) is 33.6. The molecule has 0 saturated carbocycles. The molecule has 4 aromatic heterocycles. The number of fused-ring (bicyclic) bond motifs is 4. The fourth-order valence-electron chi connectivity index (χ4n) is 9.50. The summed E-state index contributed by atoms with van der Waals surface area (Å²) in [5, 5.41) is 9.93. The highest BCUT2D eigenvalue weighted by Crippen LogP contribution is 2.28. The number of aromatic carboxylic acids is 1.